The summed E-state index contributed by atoms with van der Waals surface area (Å²) in [5.74, 6) is 0. The summed E-state index contributed by atoms with van der Waals surface area (Å²) < 4.78 is 0.760. The predicted molar refractivity (Wildman–Crippen MR) is 45.2 cm³/mol. The molecular formula is C6H2Cl2MgN2. The highest BCUT2D eigenvalue weighted by Crippen LogP contribution is 2.05. The van der Waals surface area contributed by atoms with Gasteiger partial charge in [0.25, 0.3) is 0 Å². The van der Waals surface area contributed by atoms with Gasteiger partial charge in [-0.2, -0.15) is 5.26 Å². The zero-order chi connectivity index (χ0) is 8.27. The SMILES string of the molecule is N#Cc1cc(Cl)c[c]([Mg][Cl])n1. The van der Waals surface area contributed by atoms with Crippen molar-refractivity contribution in [1.29, 1.82) is 5.26 Å². The van der Waals surface area contributed by atoms with Gasteiger partial charge >= 0.3 is 19.3 Å². The minimum atomic E-state index is -0.835. The molecule has 0 amide bonds. The van der Waals surface area contributed by atoms with Crippen LogP contribution < -0.4 is 3.82 Å². The first-order valence-electron chi connectivity index (χ1n) is 2.89. The molecule has 52 valence electrons. The van der Waals surface area contributed by atoms with E-state index >= 15 is 0 Å². The van der Waals surface area contributed by atoms with Crippen molar-refractivity contribution < 1.29 is 0 Å². The molecule has 0 aliphatic carbocycles. The third-order valence-corrected chi connectivity index (χ3v) is 2.77. The maximum atomic E-state index is 8.48. The molecule has 0 saturated carbocycles. The summed E-state index contributed by atoms with van der Waals surface area (Å²) in [5.41, 5.74) is 0.334. The Labute approximate surface area is 82.6 Å². The van der Waals surface area contributed by atoms with Crippen LogP contribution in [0.1, 0.15) is 5.69 Å². The summed E-state index contributed by atoms with van der Waals surface area (Å²) in [7, 11) is 5.64. The second kappa shape index (κ2) is 4.12. The van der Waals surface area contributed by atoms with Crippen LogP contribution in [0.5, 0.6) is 0 Å². The van der Waals surface area contributed by atoms with Gasteiger partial charge in [0, 0.05) is 5.02 Å². The van der Waals surface area contributed by atoms with E-state index in [1.165, 1.54) is 6.07 Å². The third-order valence-electron chi connectivity index (χ3n) is 1.09. The van der Waals surface area contributed by atoms with Crippen LogP contribution in [0.2, 0.25) is 5.02 Å². The number of nitrogens with zero attached hydrogens (tertiary/aromatic N) is 2. The van der Waals surface area contributed by atoms with Crippen molar-refractivity contribution in [2.45, 2.75) is 0 Å². The Morgan fingerprint density at radius 3 is 2.82 bits per heavy atom. The highest BCUT2D eigenvalue weighted by atomic mass is 35.5. The fourth-order valence-corrected chi connectivity index (χ4v) is 1.97. The number of hydrogen-bond acceptors (Lipinski definition) is 2. The van der Waals surface area contributed by atoms with Gasteiger partial charge in [0.15, 0.2) is 0 Å². The van der Waals surface area contributed by atoms with Crippen molar-refractivity contribution in [3.8, 4) is 6.07 Å². The number of pyridine rings is 1. The van der Waals surface area contributed by atoms with Crippen LogP contribution in [0.3, 0.4) is 0 Å². The maximum absolute atomic E-state index is 8.48. The Balaban J connectivity index is 3.15. The molecule has 0 aliphatic rings. The number of aromatic nitrogens is 1. The molecule has 0 saturated heterocycles. The van der Waals surface area contributed by atoms with Crippen LogP contribution in [0, 0.1) is 11.3 Å². The Bertz CT molecular complexity index is 308. The zero-order valence-corrected chi connectivity index (χ0v) is 8.44. The first-order chi connectivity index (χ1) is 5.26. The molecule has 11 heavy (non-hydrogen) atoms. The van der Waals surface area contributed by atoms with Crippen molar-refractivity contribution in [2.24, 2.45) is 0 Å². The summed E-state index contributed by atoms with van der Waals surface area (Å²) >= 11 is 4.84. The largest absolute Gasteiger partial charge is 0.565 e. The van der Waals surface area contributed by atoms with Crippen LogP contribution in [-0.4, -0.2) is 24.2 Å². The van der Waals surface area contributed by atoms with Crippen LogP contribution in [0.25, 0.3) is 0 Å². The zero-order valence-electron chi connectivity index (χ0n) is 5.51. The number of rotatable bonds is 1. The monoisotopic (exact) mass is 196 g/mol. The topological polar surface area (TPSA) is 36.7 Å². The lowest BCUT2D eigenvalue weighted by Gasteiger charge is -1.95. The molecule has 2 nitrogen and oxygen atoms in total. The van der Waals surface area contributed by atoms with E-state index in [-0.39, 0.29) is 0 Å². The first-order valence-corrected chi connectivity index (χ1v) is 6.11. The molecule has 0 unspecified atom stereocenters. The molecule has 1 heterocycles. The van der Waals surface area contributed by atoms with E-state index in [2.05, 4.69) is 4.98 Å². The van der Waals surface area contributed by atoms with Gasteiger partial charge in [-0.05, 0) is 12.1 Å². The molecule has 0 radical (unpaired) electrons. The summed E-state index contributed by atoms with van der Waals surface area (Å²) in [5, 5.41) is 9.01. The summed E-state index contributed by atoms with van der Waals surface area (Å²) in [6, 6.07) is 5.13. The molecule has 0 fully saturated rings. The standard InChI is InChI=1S/C6H2ClN2.ClH.Mg/c7-5-1-2-9-6(3-5)4-8;;/h1,3H;1H;/q;;+1/p-1. The summed E-state index contributed by atoms with van der Waals surface area (Å²) in [6.07, 6.45) is 0. The molecular weight excluding hydrogens is 195 g/mol. The molecule has 0 bridgehead atoms. The van der Waals surface area contributed by atoms with E-state index in [1.807, 2.05) is 6.07 Å². The summed E-state index contributed by atoms with van der Waals surface area (Å²) in [4.78, 5) is 3.95. The van der Waals surface area contributed by atoms with E-state index < -0.39 is 19.3 Å². The van der Waals surface area contributed by atoms with E-state index in [1.54, 1.807) is 6.07 Å². The second-order valence-corrected chi connectivity index (χ2v) is 4.14. The van der Waals surface area contributed by atoms with E-state index in [0.717, 1.165) is 3.82 Å². The fourth-order valence-electron chi connectivity index (χ4n) is 0.676. The lowest BCUT2D eigenvalue weighted by Crippen LogP contribution is -2.14. The van der Waals surface area contributed by atoms with Gasteiger partial charge in [-0.1, -0.05) is 15.4 Å². The lowest BCUT2D eigenvalue weighted by molar-refractivity contribution is 1.31. The molecule has 0 spiro atoms. The highest BCUT2D eigenvalue weighted by Gasteiger charge is 2.01. The molecule has 1 aromatic heterocycles. The van der Waals surface area contributed by atoms with E-state index in [4.69, 9.17) is 25.9 Å². The minimum absolute atomic E-state index is 0.334. The van der Waals surface area contributed by atoms with Crippen molar-refractivity contribution in [1.82, 2.24) is 4.98 Å². The van der Waals surface area contributed by atoms with E-state index in [9.17, 15) is 0 Å². The molecule has 0 aliphatic heterocycles. The van der Waals surface area contributed by atoms with Gasteiger partial charge in [0.2, 0.25) is 0 Å². The van der Waals surface area contributed by atoms with Crippen molar-refractivity contribution in [3.05, 3.63) is 22.8 Å². The molecule has 0 aromatic carbocycles. The average Bonchev–Trinajstić information content (AvgIpc) is 2.03. The normalized spacial score (nSPS) is 8.45. The van der Waals surface area contributed by atoms with Gasteiger partial charge in [0.05, 0.1) is 0 Å². The van der Waals surface area contributed by atoms with Gasteiger partial charge < -0.3 is 9.07 Å². The van der Waals surface area contributed by atoms with Crippen LogP contribution >= 0.6 is 20.7 Å². The number of nitriles is 1. The smallest absolute Gasteiger partial charge is 0.333 e. The Hall–Kier alpha value is -0.0138. The molecule has 0 N–H and O–H groups in total. The van der Waals surface area contributed by atoms with Crippen LogP contribution in [0.4, 0.5) is 0 Å². The second-order valence-electron chi connectivity index (χ2n) is 1.91. The van der Waals surface area contributed by atoms with Gasteiger partial charge in [-0.15, -0.1) is 0 Å². The summed E-state index contributed by atoms with van der Waals surface area (Å²) in [6.45, 7) is 0. The minimum Gasteiger partial charge on any atom is -0.333 e. The molecule has 5 heteroatoms. The van der Waals surface area contributed by atoms with Crippen molar-refractivity contribution >= 4 is 43.8 Å². The van der Waals surface area contributed by atoms with E-state index in [0.29, 0.717) is 10.7 Å². The first kappa shape index (κ1) is 9.08. The van der Waals surface area contributed by atoms with Gasteiger partial charge in [-0.25, -0.2) is 0 Å². The molecule has 1 rings (SSSR count). The number of halogens is 2. The number of hydrogen-bond donors (Lipinski definition) is 0. The lowest BCUT2D eigenvalue weighted by atomic mass is 10.4. The highest BCUT2D eigenvalue weighted by molar-refractivity contribution is 7.01. The van der Waals surface area contributed by atoms with Crippen molar-refractivity contribution in [2.75, 3.05) is 0 Å². The fraction of sp³-hybridized carbons (Fsp3) is 0. The van der Waals surface area contributed by atoms with Gasteiger partial charge in [0.1, 0.15) is 11.8 Å². The van der Waals surface area contributed by atoms with Gasteiger partial charge in [-0.3, -0.25) is 4.98 Å². The molecule has 0 atom stereocenters. The molecule has 1 aromatic rings. The Kier molecular flexibility index (Phi) is 3.40. The third kappa shape index (κ3) is 2.49. The van der Waals surface area contributed by atoms with Crippen LogP contribution in [-0.2, 0) is 0 Å². The quantitative estimate of drug-likeness (QED) is 0.632. The van der Waals surface area contributed by atoms with Crippen LogP contribution in [0.15, 0.2) is 12.1 Å². The Morgan fingerprint density at radius 1 is 1.55 bits per heavy atom. The predicted octanol–water partition coefficient (Wildman–Crippen LogP) is 1.09. The Morgan fingerprint density at radius 2 is 2.27 bits per heavy atom. The average molecular weight is 197 g/mol. The van der Waals surface area contributed by atoms with Crippen molar-refractivity contribution in [3.63, 3.8) is 0 Å². The maximum Gasteiger partial charge on any atom is 0.565 e.